The highest BCUT2D eigenvalue weighted by Crippen LogP contribution is 2.68. The number of carbonyl (C=O) groups is 2. The lowest BCUT2D eigenvalue weighted by molar-refractivity contribution is -0.126. The van der Waals surface area contributed by atoms with E-state index in [1.54, 1.807) is 18.2 Å². The Kier molecular flexibility index (Phi) is 12.9. The van der Waals surface area contributed by atoms with Gasteiger partial charge in [0.15, 0.2) is 5.78 Å². The molecule has 0 bridgehead atoms. The van der Waals surface area contributed by atoms with Crippen LogP contribution in [0.4, 0.5) is 11.4 Å². The lowest BCUT2D eigenvalue weighted by atomic mass is 9.44. The number of nitrogens with two attached hydrogens (primary N) is 2. The standard InChI is InChI=1S/C51H68N2O5/c1-33(2)7-6-8-34(3)45-20-21-46-44-19-14-38-31-43(23-25-50(38,4)47(44)24-26-51(45,46)5)58-42-17-12-36(13-18-42)48(54)22-11-35-9-15-41(16-10-35)56-27-28-57-49(55)37-29-39(52)32-40(53)30-37/h9-13,15-18,22,29-30,32-34,38,43-47H,6-8,14,19-21,23-28,31,52-53H2,1-5H3/t34-,38?,43?,44+,45-,46+,47+,50+,51-/m1/s1. The maximum atomic E-state index is 13.1. The molecule has 0 aromatic heterocycles. The minimum Gasteiger partial charge on any atom is -0.490 e. The second-order valence-corrected chi connectivity index (χ2v) is 19.4. The molecule has 0 amide bonds. The molecule has 4 saturated carbocycles. The summed E-state index contributed by atoms with van der Waals surface area (Å²) in [6, 6.07) is 19.7. The van der Waals surface area contributed by atoms with Gasteiger partial charge in [0, 0.05) is 16.9 Å². The van der Waals surface area contributed by atoms with Gasteiger partial charge in [-0.05, 0) is 176 Å². The van der Waals surface area contributed by atoms with Crippen molar-refractivity contribution in [1.82, 2.24) is 0 Å². The van der Waals surface area contributed by atoms with Gasteiger partial charge in [-0.15, -0.1) is 0 Å². The minimum absolute atomic E-state index is 0.0569. The van der Waals surface area contributed by atoms with Crippen LogP contribution < -0.4 is 20.9 Å². The van der Waals surface area contributed by atoms with E-state index in [0.29, 0.717) is 39.1 Å². The number of benzene rings is 3. The van der Waals surface area contributed by atoms with Gasteiger partial charge in [-0.3, -0.25) is 4.79 Å². The van der Waals surface area contributed by atoms with Gasteiger partial charge >= 0.3 is 5.97 Å². The molecular formula is C51H68N2O5. The van der Waals surface area contributed by atoms with Crippen LogP contribution in [0.1, 0.15) is 138 Å². The van der Waals surface area contributed by atoms with Crippen LogP contribution in [0.25, 0.3) is 6.08 Å². The monoisotopic (exact) mass is 789 g/mol. The second kappa shape index (κ2) is 17.9. The summed E-state index contributed by atoms with van der Waals surface area (Å²) in [6.45, 7) is 13.0. The van der Waals surface area contributed by atoms with E-state index in [2.05, 4.69) is 34.6 Å². The van der Waals surface area contributed by atoms with Crippen LogP contribution in [0.5, 0.6) is 11.5 Å². The molecule has 0 spiro atoms. The topological polar surface area (TPSA) is 114 Å². The molecule has 4 fully saturated rings. The van der Waals surface area contributed by atoms with Gasteiger partial charge in [0.2, 0.25) is 0 Å². The van der Waals surface area contributed by atoms with Gasteiger partial charge in [-0.25, -0.2) is 4.79 Å². The number of ether oxygens (including phenoxy) is 3. The Bertz CT molecular complexity index is 1880. The number of fused-ring (bicyclic) bond motifs is 5. The molecule has 4 aliphatic rings. The van der Waals surface area contributed by atoms with E-state index in [1.165, 1.54) is 76.3 Å². The number of rotatable bonds is 15. The Labute approximate surface area is 347 Å². The molecule has 0 heterocycles. The third-order valence-electron chi connectivity index (χ3n) is 15.4. The zero-order chi connectivity index (χ0) is 41.0. The summed E-state index contributed by atoms with van der Waals surface area (Å²) in [4.78, 5) is 25.3. The summed E-state index contributed by atoms with van der Waals surface area (Å²) >= 11 is 0. The molecule has 7 rings (SSSR count). The zero-order valence-corrected chi connectivity index (χ0v) is 35.7. The van der Waals surface area contributed by atoms with Crippen LogP contribution in [-0.2, 0) is 4.74 Å². The number of allylic oxidation sites excluding steroid dienone is 1. The molecule has 0 aliphatic heterocycles. The highest BCUT2D eigenvalue weighted by Gasteiger charge is 2.60. The van der Waals surface area contributed by atoms with Crippen LogP contribution >= 0.6 is 0 Å². The van der Waals surface area contributed by atoms with Crippen molar-refractivity contribution in [3.05, 3.63) is 89.5 Å². The first kappa shape index (κ1) is 41.9. The molecule has 312 valence electrons. The average molecular weight is 789 g/mol. The van der Waals surface area contributed by atoms with Crippen molar-refractivity contribution in [3.8, 4) is 11.5 Å². The van der Waals surface area contributed by atoms with Gasteiger partial charge in [-0.2, -0.15) is 0 Å². The largest absolute Gasteiger partial charge is 0.490 e. The van der Waals surface area contributed by atoms with E-state index in [4.69, 9.17) is 25.7 Å². The van der Waals surface area contributed by atoms with Crippen molar-refractivity contribution in [2.45, 2.75) is 118 Å². The zero-order valence-electron chi connectivity index (χ0n) is 35.7. The molecule has 7 heteroatoms. The number of anilines is 2. The fraction of sp³-hybridized carbons (Fsp3) is 0.569. The van der Waals surface area contributed by atoms with E-state index in [9.17, 15) is 9.59 Å². The highest BCUT2D eigenvalue weighted by molar-refractivity contribution is 6.06. The number of ketones is 1. The molecule has 0 radical (unpaired) electrons. The number of hydrogen-bond acceptors (Lipinski definition) is 7. The molecule has 3 aromatic carbocycles. The Balaban J connectivity index is 0.852. The molecule has 4 N–H and O–H groups in total. The normalized spacial score (nSPS) is 29.6. The predicted octanol–water partition coefficient (Wildman–Crippen LogP) is 11.9. The van der Waals surface area contributed by atoms with Gasteiger partial charge in [0.05, 0.1) is 11.7 Å². The maximum Gasteiger partial charge on any atom is 0.338 e. The molecule has 2 unspecified atom stereocenters. The molecule has 7 nitrogen and oxygen atoms in total. The SMILES string of the molecule is CC(C)CCC[C@@H](C)[C@H]1CC[C@H]2[C@@H]3CCC4CC(Oc5ccc(C(=O)C=Cc6ccc(OCCOC(=O)c7cc(N)cc(N)c7)cc6)cc5)CC[C@]4(C)[C@H]3CC[C@]12C. The Morgan fingerprint density at radius 2 is 1.45 bits per heavy atom. The van der Waals surface area contributed by atoms with Crippen LogP contribution in [-0.4, -0.2) is 31.1 Å². The average Bonchev–Trinajstić information content (AvgIpc) is 3.56. The first-order valence-electron chi connectivity index (χ1n) is 22.4. The maximum absolute atomic E-state index is 13.1. The van der Waals surface area contributed by atoms with Crippen molar-refractivity contribution in [3.63, 3.8) is 0 Å². The lowest BCUT2D eigenvalue weighted by Crippen LogP contribution is -2.54. The Hall–Kier alpha value is -4.26. The number of esters is 1. The molecule has 3 aromatic rings. The molecular weight excluding hydrogens is 721 g/mol. The van der Waals surface area contributed by atoms with Crippen LogP contribution in [0, 0.1) is 52.3 Å². The Morgan fingerprint density at radius 1 is 0.759 bits per heavy atom. The minimum atomic E-state index is -0.510. The molecule has 4 aliphatic carbocycles. The van der Waals surface area contributed by atoms with Crippen molar-refractivity contribution in [2.24, 2.45) is 52.3 Å². The van der Waals surface area contributed by atoms with Crippen molar-refractivity contribution < 1.29 is 23.8 Å². The summed E-state index contributed by atoms with van der Waals surface area (Å²) in [6.07, 6.45) is 19.9. The van der Waals surface area contributed by atoms with E-state index >= 15 is 0 Å². The predicted molar refractivity (Wildman–Crippen MR) is 235 cm³/mol. The highest BCUT2D eigenvalue weighted by atomic mass is 16.6. The Morgan fingerprint density at radius 3 is 2.17 bits per heavy atom. The van der Waals surface area contributed by atoms with E-state index < -0.39 is 5.97 Å². The van der Waals surface area contributed by atoms with Crippen LogP contribution in [0.3, 0.4) is 0 Å². The van der Waals surface area contributed by atoms with Gasteiger partial charge in [-0.1, -0.05) is 72.1 Å². The van der Waals surface area contributed by atoms with Crippen LogP contribution in [0.15, 0.2) is 72.8 Å². The van der Waals surface area contributed by atoms with Crippen molar-refractivity contribution in [2.75, 3.05) is 24.7 Å². The van der Waals surface area contributed by atoms with Gasteiger partial charge < -0.3 is 25.7 Å². The number of nitrogen functional groups attached to an aromatic ring is 2. The number of carbonyl (C=O) groups excluding carboxylic acids is 2. The van der Waals surface area contributed by atoms with E-state index in [0.717, 1.165) is 65.6 Å². The van der Waals surface area contributed by atoms with Gasteiger partial charge in [0.1, 0.15) is 24.7 Å². The summed E-state index contributed by atoms with van der Waals surface area (Å²) in [7, 11) is 0. The summed E-state index contributed by atoms with van der Waals surface area (Å²) in [5, 5.41) is 0. The first-order valence-corrected chi connectivity index (χ1v) is 22.4. The summed E-state index contributed by atoms with van der Waals surface area (Å²) < 4.78 is 17.6. The summed E-state index contributed by atoms with van der Waals surface area (Å²) in [5.74, 6) is 6.97. The van der Waals surface area contributed by atoms with Crippen molar-refractivity contribution >= 4 is 29.2 Å². The smallest absolute Gasteiger partial charge is 0.338 e. The fourth-order valence-corrected chi connectivity index (χ4v) is 12.4. The van der Waals surface area contributed by atoms with E-state index in [-0.39, 0.29) is 25.1 Å². The lowest BCUT2D eigenvalue weighted by Gasteiger charge is -2.61. The van der Waals surface area contributed by atoms with Gasteiger partial charge in [0.25, 0.3) is 0 Å². The fourth-order valence-electron chi connectivity index (χ4n) is 12.4. The third kappa shape index (κ3) is 9.29. The molecule has 0 saturated heterocycles. The first-order chi connectivity index (χ1) is 27.8. The quantitative estimate of drug-likeness (QED) is 0.0518. The second-order valence-electron chi connectivity index (χ2n) is 19.4. The molecule has 58 heavy (non-hydrogen) atoms. The third-order valence-corrected chi connectivity index (χ3v) is 15.4. The van der Waals surface area contributed by atoms with Crippen molar-refractivity contribution in [1.29, 1.82) is 0 Å². The van der Waals surface area contributed by atoms with E-state index in [1.807, 2.05) is 48.5 Å². The molecule has 9 atom stereocenters. The van der Waals surface area contributed by atoms with Crippen LogP contribution in [0.2, 0.25) is 0 Å². The number of hydrogen-bond donors (Lipinski definition) is 2. The summed E-state index contributed by atoms with van der Waals surface area (Å²) in [5.41, 5.74) is 15.1.